The molecule has 1 aromatic heterocycles. The van der Waals surface area contributed by atoms with Gasteiger partial charge in [0, 0.05) is 12.2 Å². The third-order valence-corrected chi connectivity index (χ3v) is 5.58. The van der Waals surface area contributed by atoms with Crippen molar-refractivity contribution < 1.29 is 0 Å². The van der Waals surface area contributed by atoms with Crippen LogP contribution < -0.4 is 0 Å². The summed E-state index contributed by atoms with van der Waals surface area (Å²) >= 11 is 5.92. The Kier molecular flexibility index (Phi) is 4.48. The second-order valence-corrected chi connectivity index (χ2v) is 7.70. The maximum absolute atomic E-state index is 5.92. The fourth-order valence-electron chi connectivity index (χ4n) is 3.98. The number of aromatic nitrogens is 2. The lowest BCUT2D eigenvalue weighted by atomic mass is 10.0. The van der Waals surface area contributed by atoms with Crippen molar-refractivity contribution in [3.8, 4) is 5.69 Å². The first-order chi connectivity index (χ1) is 12.1. The van der Waals surface area contributed by atoms with Crippen molar-refractivity contribution in [3.05, 3.63) is 58.9 Å². The molecule has 4 rings (SSSR count). The Morgan fingerprint density at radius 3 is 2.64 bits per heavy atom. The first-order valence-corrected chi connectivity index (χ1v) is 9.54. The molecule has 0 bridgehead atoms. The summed E-state index contributed by atoms with van der Waals surface area (Å²) in [5.41, 5.74) is 4.79. The number of likely N-dealkylation sites (tertiary alicyclic amines) is 1. The van der Waals surface area contributed by atoms with Crippen LogP contribution >= 0.6 is 12.2 Å². The fraction of sp³-hybridized carbons (Fsp3) is 0.381. The smallest absolute Gasteiger partial charge is 0.186 e. The van der Waals surface area contributed by atoms with E-state index in [0.29, 0.717) is 0 Å². The zero-order valence-electron chi connectivity index (χ0n) is 15.0. The monoisotopic (exact) mass is 351 g/mol. The highest BCUT2D eigenvalue weighted by Gasteiger charge is 2.19. The Labute approximate surface area is 154 Å². The lowest BCUT2D eigenvalue weighted by Crippen LogP contribution is -2.35. The first kappa shape index (κ1) is 16.6. The number of aryl methyl sites for hydroxylation is 1. The molecule has 1 saturated heterocycles. The molecule has 3 nitrogen and oxygen atoms in total. The quantitative estimate of drug-likeness (QED) is 0.605. The summed E-state index contributed by atoms with van der Waals surface area (Å²) in [7, 11) is 0. The standard InChI is InChI=1S/C21H25N3S/c1-16-7-5-9-18(13-16)24-20-11-4-3-10-19(20)23(21(24)25)15-22-12-6-8-17(2)14-22/h3-5,7,9-11,13,17H,6,8,12,14-15H2,1-2H3/t17-/m0/s1. The number of nitrogens with zero attached hydrogens (tertiary/aromatic N) is 3. The molecule has 0 radical (unpaired) electrons. The molecule has 0 spiro atoms. The van der Waals surface area contributed by atoms with Crippen LogP contribution in [0.1, 0.15) is 25.3 Å². The second-order valence-electron chi connectivity index (χ2n) is 7.34. The molecule has 0 saturated carbocycles. The molecule has 0 unspecified atom stereocenters. The van der Waals surface area contributed by atoms with Crippen LogP contribution in [-0.4, -0.2) is 27.1 Å². The number of para-hydroxylation sites is 2. The van der Waals surface area contributed by atoms with E-state index in [1.807, 2.05) is 0 Å². The minimum atomic E-state index is 0.771. The minimum Gasteiger partial charge on any atom is -0.303 e. The Morgan fingerprint density at radius 2 is 1.88 bits per heavy atom. The van der Waals surface area contributed by atoms with Gasteiger partial charge in [0.2, 0.25) is 0 Å². The molecule has 130 valence electrons. The van der Waals surface area contributed by atoms with Crippen molar-refractivity contribution in [3.63, 3.8) is 0 Å². The molecule has 1 fully saturated rings. The van der Waals surface area contributed by atoms with E-state index in [9.17, 15) is 0 Å². The number of benzene rings is 2. The second kappa shape index (κ2) is 6.77. The fourth-order valence-corrected chi connectivity index (χ4v) is 4.34. The van der Waals surface area contributed by atoms with Gasteiger partial charge in [0.1, 0.15) is 0 Å². The molecular formula is C21H25N3S. The van der Waals surface area contributed by atoms with Crippen molar-refractivity contribution in [2.45, 2.75) is 33.4 Å². The Bertz CT molecular complexity index is 953. The summed E-state index contributed by atoms with van der Waals surface area (Å²) in [6.45, 7) is 7.67. The van der Waals surface area contributed by atoms with E-state index < -0.39 is 0 Å². The highest BCUT2D eigenvalue weighted by molar-refractivity contribution is 7.71. The summed E-state index contributed by atoms with van der Waals surface area (Å²) in [5.74, 6) is 0.771. The normalized spacial score (nSPS) is 18.7. The summed E-state index contributed by atoms with van der Waals surface area (Å²) < 4.78 is 5.39. The van der Waals surface area contributed by atoms with Crippen LogP contribution in [0, 0.1) is 17.6 Å². The van der Waals surface area contributed by atoms with Gasteiger partial charge in [-0.05, 0) is 74.3 Å². The molecule has 2 heterocycles. The minimum absolute atomic E-state index is 0.771. The van der Waals surface area contributed by atoms with Gasteiger partial charge >= 0.3 is 0 Å². The van der Waals surface area contributed by atoms with Gasteiger partial charge in [-0.1, -0.05) is 31.2 Å². The average molecular weight is 352 g/mol. The third kappa shape index (κ3) is 3.16. The van der Waals surface area contributed by atoms with Gasteiger partial charge in [-0.3, -0.25) is 9.47 Å². The molecule has 0 N–H and O–H groups in total. The van der Waals surface area contributed by atoms with E-state index in [1.54, 1.807) is 0 Å². The van der Waals surface area contributed by atoms with Gasteiger partial charge in [-0.2, -0.15) is 0 Å². The highest BCUT2D eigenvalue weighted by Crippen LogP contribution is 2.24. The largest absolute Gasteiger partial charge is 0.303 e. The highest BCUT2D eigenvalue weighted by atomic mass is 32.1. The van der Waals surface area contributed by atoms with E-state index in [2.05, 4.69) is 76.4 Å². The molecule has 0 aliphatic carbocycles. The first-order valence-electron chi connectivity index (χ1n) is 9.13. The van der Waals surface area contributed by atoms with E-state index >= 15 is 0 Å². The number of imidazole rings is 1. The number of rotatable bonds is 3. The molecule has 1 atom stereocenters. The zero-order chi connectivity index (χ0) is 17.4. The predicted octanol–water partition coefficient (Wildman–Crippen LogP) is 5.16. The van der Waals surface area contributed by atoms with Gasteiger partial charge < -0.3 is 4.57 Å². The molecule has 25 heavy (non-hydrogen) atoms. The summed E-state index contributed by atoms with van der Waals surface area (Å²) in [4.78, 5) is 2.54. The average Bonchev–Trinajstić information content (AvgIpc) is 2.87. The van der Waals surface area contributed by atoms with Crippen LogP contribution in [0.15, 0.2) is 48.5 Å². The van der Waals surface area contributed by atoms with Gasteiger partial charge in [0.05, 0.1) is 17.7 Å². The van der Waals surface area contributed by atoms with Crippen molar-refractivity contribution in [2.75, 3.05) is 13.1 Å². The van der Waals surface area contributed by atoms with Crippen LogP contribution in [0.5, 0.6) is 0 Å². The number of hydrogen-bond acceptors (Lipinski definition) is 2. The summed E-state index contributed by atoms with van der Waals surface area (Å²) in [6.07, 6.45) is 2.62. The van der Waals surface area contributed by atoms with Crippen molar-refractivity contribution in [1.29, 1.82) is 0 Å². The van der Waals surface area contributed by atoms with Crippen LogP contribution in [0.3, 0.4) is 0 Å². The SMILES string of the molecule is Cc1cccc(-n2c(=S)n(CN3CCC[C@H](C)C3)c3ccccc32)c1. The lowest BCUT2D eigenvalue weighted by molar-refractivity contribution is 0.147. The van der Waals surface area contributed by atoms with Gasteiger partial charge in [-0.15, -0.1) is 0 Å². The number of piperidine rings is 1. The topological polar surface area (TPSA) is 13.1 Å². The van der Waals surface area contributed by atoms with Gasteiger partial charge in [0.25, 0.3) is 0 Å². The summed E-state index contributed by atoms with van der Waals surface area (Å²) in [6, 6.07) is 17.1. The number of hydrogen-bond donors (Lipinski definition) is 0. The van der Waals surface area contributed by atoms with Crippen molar-refractivity contribution >= 4 is 23.3 Å². The van der Waals surface area contributed by atoms with Gasteiger partial charge in [0.15, 0.2) is 4.77 Å². The molecule has 4 heteroatoms. The Morgan fingerprint density at radius 1 is 1.08 bits per heavy atom. The van der Waals surface area contributed by atoms with Crippen molar-refractivity contribution in [1.82, 2.24) is 14.0 Å². The maximum Gasteiger partial charge on any atom is 0.186 e. The summed E-state index contributed by atoms with van der Waals surface area (Å²) in [5, 5.41) is 0. The molecule has 1 aliphatic heterocycles. The van der Waals surface area contributed by atoms with E-state index in [-0.39, 0.29) is 0 Å². The van der Waals surface area contributed by atoms with E-state index in [4.69, 9.17) is 12.2 Å². The molecule has 1 aliphatic rings. The Balaban J connectivity index is 1.83. The third-order valence-electron chi connectivity index (χ3n) is 5.18. The zero-order valence-corrected chi connectivity index (χ0v) is 15.8. The maximum atomic E-state index is 5.92. The van der Waals surface area contributed by atoms with Crippen LogP contribution in [0.4, 0.5) is 0 Å². The molecule has 3 aromatic rings. The molecule has 0 amide bonds. The predicted molar refractivity (Wildman–Crippen MR) is 107 cm³/mol. The molecular weight excluding hydrogens is 326 g/mol. The van der Waals surface area contributed by atoms with E-state index in [0.717, 1.165) is 36.1 Å². The van der Waals surface area contributed by atoms with E-state index in [1.165, 1.54) is 29.4 Å². The van der Waals surface area contributed by atoms with Gasteiger partial charge in [-0.25, -0.2) is 0 Å². The van der Waals surface area contributed by atoms with Crippen LogP contribution in [-0.2, 0) is 6.67 Å². The van der Waals surface area contributed by atoms with Crippen molar-refractivity contribution in [2.24, 2.45) is 5.92 Å². The lowest BCUT2D eigenvalue weighted by Gasteiger charge is -2.31. The molecule has 2 aromatic carbocycles. The van der Waals surface area contributed by atoms with Crippen LogP contribution in [0.2, 0.25) is 0 Å². The Hall–Kier alpha value is -1.91. The van der Waals surface area contributed by atoms with Crippen LogP contribution in [0.25, 0.3) is 16.7 Å². The number of fused-ring (bicyclic) bond motifs is 1.